The molecular formula is C28H23N3O4S. The van der Waals surface area contributed by atoms with E-state index in [1.165, 1.54) is 11.8 Å². The Morgan fingerprint density at radius 2 is 1.78 bits per heavy atom. The highest BCUT2D eigenvalue weighted by Gasteiger charge is 2.33. The second-order valence-electron chi connectivity index (χ2n) is 8.31. The molecule has 180 valence electrons. The molecule has 1 aliphatic heterocycles. The molecule has 2 heterocycles. The maximum atomic E-state index is 13.6. The first kappa shape index (κ1) is 23.4. The zero-order valence-electron chi connectivity index (χ0n) is 19.7. The summed E-state index contributed by atoms with van der Waals surface area (Å²) in [6, 6.07) is 21.9. The number of benzene rings is 3. The number of aromatic nitrogens is 1. The van der Waals surface area contributed by atoms with Gasteiger partial charge in [0.1, 0.15) is 5.75 Å². The zero-order valence-corrected chi connectivity index (χ0v) is 20.5. The largest absolute Gasteiger partial charge is 0.497 e. The highest BCUT2D eigenvalue weighted by molar-refractivity contribution is 8.18. The number of nitrogens with zero attached hydrogens (tertiary/aromatic N) is 3. The molecule has 0 saturated carbocycles. The molecular weight excluding hydrogens is 474 g/mol. The number of para-hydroxylation sites is 1. The first-order valence-electron chi connectivity index (χ1n) is 11.2. The minimum absolute atomic E-state index is 0.150. The van der Waals surface area contributed by atoms with E-state index in [1.807, 2.05) is 72.4 Å². The van der Waals surface area contributed by atoms with Crippen LogP contribution >= 0.6 is 11.8 Å². The number of carboxylic acid groups (broad SMARTS) is 1. The van der Waals surface area contributed by atoms with E-state index < -0.39 is 5.97 Å². The molecule has 3 aromatic carbocycles. The molecule has 0 bridgehead atoms. The Kier molecular flexibility index (Phi) is 6.35. The molecule has 0 unspecified atom stereocenters. The second-order valence-corrected chi connectivity index (χ2v) is 9.32. The monoisotopic (exact) mass is 497 g/mol. The molecule has 0 atom stereocenters. The Morgan fingerprint density at radius 3 is 2.47 bits per heavy atom. The molecule has 5 rings (SSSR count). The summed E-state index contributed by atoms with van der Waals surface area (Å²) in [7, 11) is 3.59. The van der Waals surface area contributed by atoms with E-state index in [0.717, 1.165) is 27.8 Å². The van der Waals surface area contributed by atoms with Gasteiger partial charge in [0.05, 0.1) is 29.8 Å². The average Bonchev–Trinajstić information content (AvgIpc) is 3.36. The fourth-order valence-electron chi connectivity index (χ4n) is 4.06. The number of aromatic carboxylic acids is 1. The number of methoxy groups -OCH3 is 1. The lowest BCUT2D eigenvalue weighted by Crippen LogP contribution is -2.28. The lowest BCUT2D eigenvalue weighted by atomic mass is 10.1. The average molecular weight is 498 g/mol. The first-order valence-corrected chi connectivity index (χ1v) is 12.0. The molecule has 36 heavy (non-hydrogen) atoms. The van der Waals surface area contributed by atoms with Crippen molar-refractivity contribution in [3.63, 3.8) is 0 Å². The summed E-state index contributed by atoms with van der Waals surface area (Å²) in [5.74, 6) is -0.417. The van der Waals surface area contributed by atoms with Gasteiger partial charge in [0.2, 0.25) is 0 Å². The van der Waals surface area contributed by atoms with Gasteiger partial charge in [-0.2, -0.15) is 0 Å². The Balaban J connectivity index is 1.52. The molecule has 1 saturated heterocycles. The van der Waals surface area contributed by atoms with Crippen LogP contribution in [-0.2, 0) is 18.4 Å². The van der Waals surface area contributed by atoms with E-state index in [-0.39, 0.29) is 18.0 Å². The van der Waals surface area contributed by atoms with Crippen molar-refractivity contribution in [3.05, 3.63) is 101 Å². The van der Waals surface area contributed by atoms with E-state index >= 15 is 0 Å². The Morgan fingerprint density at radius 1 is 1.06 bits per heavy atom. The fraction of sp³-hybridized carbons (Fsp3) is 0.107. The number of amidine groups is 1. The third kappa shape index (κ3) is 4.63. The summed E-state index contributed by atoms with van der Waals surface area (Å²) in [4.78, 5) is 31.7. The van der Waals surface area contributed by atoms with E-state index in [4.69, 9.17) is 9.73 Å². The number of thioether (sulfide) groups is 1. The van der Waals surface area contributed by atoms with Crippen molar-refractivity contribution in [1.82, 2.24) is 9.47 Å². The van der Waals surface area contributed by atoms with Gasteiger partial charge in [0.25, 0.3) is 5.91 Å². The summed E-state index contributed by atoms with van der Waals surface area (Å²) >= 11 is 1.32. The summed E-state index contributed by atoms with van der Waals surface area (Å²) in [6.07, 6.45) is 3.92. The number of aliphatic imine (C=N–C) groups is 1. The number of amides is 1. The van der Waals surface area contributed by atoms with Crippen LogP contribution in [0, 0.1) is 0 Å². The SMILES string of the molecule is COc1ccc(N=C2S/C(=C\c3cn(C)c4ccccc34)C(=O)N2Cc2ccc(C(=O)O)cc2)cc1. The quantitative estimate of drug-likeness (QED) is 0.346. The maximum Gasteiger partial charge on any atom is 0.335 e. The fourth-order valence-corrected chi connectivity index (χ4v) is 5.05. The van der Waals surface area contributed by atoms with Crippen LogP contribution in [0.5, 0.6) is 5.75 Å². The number of hydrogen-bond donors (Lipinski definition) is 1. The van der Waals surface area contributed by atoms with Crippen LogP contribution in [0.15, 0.2) is 88.9 Å². The van der Waals surface area contributed by atoms with Crippen LogP contribution in [0.25, 0.3) is 17.0 Å². The highest BCUT2D eigenvalue weighted by atomic mass is 32.2. The lowest BCUT2D eigenvalue weighted by Gasteiger charge is -2.16. The van der Waals surface area contributed by atoms with Crippen molar-refractivity contribution in [2.75, 3.05) is 7.11 Å². The van der Waals surface area contributed by atoms with Crippen molar-refractivity contribution in [2.24, 2.45) is 12.0 Å². The number of rotatable bonds is 6. The number of hydrogen-bond acceptors (Lipinski definition) is 5. The third-order valence-electron chi connectivity index (χ3n) is 5.94. The standard InChI is InChI=1S/C28H23N3O4S/c1-30-17-20(23-5-3-4-6-24(23)30)15-25-26(32)31(16-18-7-9-19(10-8-18)27(33)34)28(36-25)29-21-11-13-22(35-2)14-12-21/h3-15,17H,16H2,1-2H3,(H,33,34)/b25-15-,29-28?. The molecule has 1 amide bonds. The molecule has 0 aliphatic carbocycles. The normalized spacial score (nSPS) is 15.8. The smallest absolute Gasteiger partial charge is 0.335 e. The van der Waals surface area contributed by atoms with Crippen LogP contribution in [-0.4, -0.2) is 38.7 Å². The molecule has 1 fully saturated rings. The summed E-state index contributed by atoms with van der Waals surface area (Å²) in [5, 5.41) is 10.8. The maximum absolute atomic E-state index is 13.6. The van der Waals surface area contributed by atoms with Crippen molar-refractivity contribution in [1.29, 1.82) is 0 Å². The van der Waals surface area contributed by atoms with Crippen molar-refractivity contribution < 1.29 is 19.4 Å². The number of carboxylic acids is 1. The number of carbonyl (C=O) groups excluding carboxylic acids is 1. The van der Waals surface area contributed by atoms with Crippen LogP contribution in [0.2, 0.25) is 0 Å². The van der Waals surface area contributed by atoms with Gasteiger partial charge in [-0.1, -0.05) is 30.3 Å². The number of aryl methyl sites for hydroxylation is 1. The Labute approximate surface area is 212 Å². The third-order valence-corrected chi connectivity index (χ3v) is 6.95. The molecule has 1 aliphatic rings. The molecule has 0 radical (unpaired) electrons. The molecule has 4 aromatic rings. The van der Waals surface area contributed by atoms with Crippen molar-refractivity contribution in [3.8, 4) is 5.75 Å². The van der Waals surface area contributed by atoms with E-state index in [2.05, 4.69) is 0 Å². The van der Waals surface area contributed by atoms with E-state index in [1.54, 1.807) is 36.3 Å². The summed E-state index contributed by atoms with van der Waals surface area (Å²) in [6.45, 7) is 0.271. The highest BCUT2D eigenvalue weighted by Crippen LogP contribution is 2.36. The molecule has 1 aromatic heterocycles. The predicted octanol–water partition coefficient (Wildman–Crippen LogP) is 5.69. The summed E-state index contributed by atoms with van der Waals surface area (Å²) in [5.41, 5.74) is 3.75. The van der Waals surface area contributed by atoms with Gasteiger partial charge >= 0.3 is 5.97 Å². The van der Waals surface area contributed by atoms with Gasteiger partial charge in [0, 0.05) is 29.7 Å². The Bertz CT molecular complexity index is 1520. The number of fused-ring (bicyclic) bond motifs is 1. The van der Waals surface area contributed by atoms with Crippen molar-refractivity contribution >= 4 is 51.5 Å². The topological polar surface area (TPSA) is 84.1 Å². The van der Waals surface area contributed by atoms with Gasteiger partial charge in [-0.15, -0.1) is 0 Å². The van der Waals surface area contributed by atoms with Gasteiger partial charge in [-0.25, -0.2) is 9.79 Å². The molecule has 0 spiro atoms. The van der Waals surface area contributed by atoms with E-state index in [9.17, 15) is 14.7 Å². The molecule has 7 nitrogen and oxygen atoms in total. The van der Waals surface area contributed by atoms with Gasteiger partial charge < -0.3 is 14.4 Å². The predicted molar refractivity (Wildman–Crippen MR) is 143 cm³/mol. The second kappa shape index (κ2) is 9.75. The number of carbonyl (C=O) groups is 2. The van der Waals surface area contributed by atoms with Gasteiger partial charge in [-0.05, 0) is 65.9 Å². The first-order chi connectivity index (χ1) is 17.4. The van der Waals surface area contributed by atoms with Gasteiger partial charge in [-0.3, -0.25) is 9.69 Å². The minimum Gasteiger partial charge on any atom is -0.497 e. The van der Waals surface area contributed by atoms with Crippen LogP contribution < -0.4 is 4.74 Å². The minimum atomic E-state index is -0.989. The van der Waals surface area contributed by atoms with Gasteiger partial charge in [0.15, 0.2) is 5.17 Å². The van der Waals surface area contributed by atoms with Crippen LogP contribution in [0.1, 0.15) is 21.5 Å². The zero-order chi connectivity index (χ0) is 25.2. The molecule has 8 heteroatoms. The van der Waals surface area contributed by atoms with Crippen LogP contribution in [0.4, 0.5) is 5.69 Å². The molecule has 1 N–H and O–H groups in total. The number of ether oxygens (including phenoxy) is 1. The summed E-state index contributed by atoms with van der Waals surface area (Å²) < 4.78 is 7.27. The van der Waals surface area contributed by atoms with Crippen molar-refractivity contribution in [2.45, 2.75) is 6.54 Å². The Hall–Kier alpha value is -4.30. The van der Waals surface area contributed by atoms with Crippen LogP contribution in [0.3, 0.4) is 0 Å². The lowest BCUT2D eigenvalue weighted by molar-refractivity contribution is -0.122. The van der Waals surface area contributed by atoms with E-state index in [0.29, 0.717) is 15.8 Å².